The summed E-state index contributed by atoms with van der Waals surface area (Å²) in [5.41, 5.74) is 0.427. The molecule has 0 aromatic rings. The fourth-order valence-electron chi connectivity index (χ4n) is 1.81. The van der Waals surface area contributed by atoms with Gasteiger partial charge in [-0.15, -0.1) is 0 Å². The van der Waals surface area contributed by atoms with E-state index in [1.807, 2.05) is 6.92 Å². The first-order valence-electron chi connectivity index (χ1n) is 6.41. The molecule has 0 amide bonds. The molecule has 2 heteroatoms. The third-order valence-corrected chi connectivity index (χ3v) is 2.86. The Morgan fingerprint density at radius 1 is 1.24 bits per heavy atom. The lowest BCUT2D eigenvalue weighted by Gasteiger charge is -2.14. The average molecular weight is 242 g/mol. The minimum atomic E-state index is -0.586. The van der Waals surface area contributed by atoms with Gasteiger partial charge in [0.2, 0.25) is 0 Å². The lowest BCUT2D eigenvalue weighted by Crippen LogP contribution is -2.01. The summed E-state index contributed by atoms with van der Waals surface area (Å²) in [4.78, 5) is 0. The normalized spacial score (nSPS) is 14.9. The summed E-state index contributed by atoms with van der Waals surface area (Å²) in [6, 6.07) is 0. The summed E-state index contributed by atoms with van der Waals surface area (Å²) < 4.78 is 26.4. The zero-order valence-corrected chi connectivity index (χ0v) is 11.2. The number of hydrogen-bond acceptors (Lipinski definition) is 0. The second-order valence-electron chi connectivity index (χ2n) is 4.43. The molecule has 0 radical (unpaired) electrons. The highest BCUT2D eigenvalue weighted by atomic mass is 19.1. The molecule has 0 bridgehead atoms. The molecule has 0 fully saturated rings. The number of halogens is 2. The van der Waals surface area contributed by atoms with Crippen LogP contribution in [-0.2, 0) is 0 Å². The van der Waals surface area contributed by atoms with Gasteiger partial charge in [0.15, 0.2) is 0 Å². The van der Waals surface area contributed by atoms with E-state index in [4.69, 9.17) is 0 Å². The van der Waals surface area contributed by atoms with E-state index in [0.717, 1.165) is 19.3 Å². The second-order valence-corrected chi connectivity index (χ2v) is 4.43. The van der Waals surface area contributed by atoms with Crippen molar-refractivity contribution in [2.75, 3.05) is 0 Å². The Morgan fingerprint density at radius 3 is 2.35 bits per heavy atom. The third-order valence-electron chi connectivity index (χ3n) is 2.86. The standard InChI is InChI=1S/C15H24F2/c1-5-7-8-9-10-12(3)14(11-13(4)16)15(17)6-2/h6,11-12H,4-5,7-10H2,1-3H3/b14-11-,15-6+. The molecule has 17 heavy (non-hydrogen) atoms. The van der Waals surface area contributed by atoms with Gasteiger partial charge in [-0.05, 0) is 30.9 Å². The van der Waals surface area contributed by atoms with Crippen LogP contribution >= 0.6 is 0 Å². The topological polar surface area (TPSA) is 0 Å². The Bertz CT molecular complexity index is 287. The molecule has 0 N–H and O–H groups in total. The molecule has 1 atom stereocenters. The SMILES string of the molecule is C=C(F)/C=C(\C(F)=C/C)C(C)CCCCCC. The summed E-state index contributed by atoms with van der Waals surface area (Å²) in [6.07, 6.45) is 8.07. The smallest absolute Gasteiger partial charge is 0.122 e. The van der Waals surface area contributed by atoms with E-state index in [1.54, 1.807) is 6.92 Å². The van der Waals surface area contributed by atoms with Crippen LogP contribution in [0.3, 0.4) is 0 Å². The molecular weight excluding hydrogens is 218 g/mol. The Labute approximate surface area is 104 Å². The van der Waals surface area contributed by atoms with Crippen LogP contribution in [0, 0.1) is 5.92 Å². The summed E-state index contributed by atoms with van der Waals surface area (Å²) in [7, 11) is 0. The molecular formula is C15H24F2. The van der Waals surface area contributed by atoms with Gasteiger partial charge in [-0.2, -0.15) is 0 Å². The fraction of sp³-hybridized carbons (Fsp3) is 0.600. The van der Waals surface area contributed by atoms with Crippen molar-refractivity contribution in [3.8, 4) is 0 Å². The zero-order chi connectivity index (χ0) is 13.3. The molecule has 0 saturated heterocycles. The van der Waals surface area contributed by atoms with E-state index in [2.05, 4.69) is 13.5 Å². The van der Waals surface area contributed by atoms with Crippen LogP contribution in [0.4, 0.5) is 8.78 Å². The van der Waals surface area contributed by atoms with Gasteiger partial charge in [0, 0.05) is 0 Å². The van der Waals surface area contributed by atoms with E-state index in [-0.39, 0.29) is 11.7 Å². The first-order valence-corrected chi connectivity index (χ1v) is 6.41. The predicted molar refractivity (Wildman–Crippen MR) is 71.1 cm³/mol. The predicted octanol–water partition coefficient (Wildman–Crippen LogP) is 5.88. The molecule has 0 aromatic carbocycles. The van der Waals surface area contributed by atoms with Crippen molar-refractivity contribution in [3.63, 3.8) is 0 Å². The lowest BCUT2D eigenvalue weighted by atomic mass is 9.93. The molecule has 0 aliphatic heterocycles. The van der Waals surface area contributed by atoms with Crippen molar-refractivity contribution in [2.45, 2.75) is 52.9 Å². The van der Waals surface area contributed by atoms with Crippen molar-refractivity contribution in [1.82, 2.24) is 0 Å². The molecule has 0 saturated carbocycles. The molecule has 0 spiro atoms. The number of allylic oxidation sites excluding steroid dienone is 5. The average Bonchev–Trinajstić information content (AvgIpc) is 2.30. The van der Waals surface area contributed by atoms with Crippen LogP contribution in [0.2, 0.25) is 0 Å². The lowest BCUT2D eigenvalue weighted by molar-refractivity contribution is 0.515. The molecule has 98 valence electrons. The zero-order valence-electron chi connectivity index (χ0n) is 11.2. The summed E-state index contributed by atoms with van der Waals surface area (Å²) in [5.74, 6) is -0.889. The van der Waals surface area contributed by atoms with Crippen LogP contribution in [0.1, 0.15) is 52.9 Å². The Balaban J connectivity index is 4.45. The van der Waals surface area contributed by atoms with Gasteiger partial charge in [-0.1, -0.05) is 52.2 Å². The van der Waals surface area contributed by atoms with Gasteiger partial charge < -0.3 is 0 Å². The summed E-state index contributed by atoms with van der Waals surface area (Å²) >= 11 is 0. The van der Waals surface area contributed by atoms with Crippen molar-refractivity contribution in [2.24, 2.45) is 5.92 Å². The van der Waals surface area contributed by atoms with Crippen LogP contribution in [-0.4, -0.2) is 0 Å². The van der Waals surface area contributed by atoms with E-state index >= 15 is 0 Å². The van der Waals surface area contributed by atoms with Gasteiger partial charge >= 0.3 is 0 Å². The molecule has 0 aliphatic rings. The highest BCUT2D eigenvalue weighted by Crippen LogP contribution is 2.27. The van der Waals surface area contributed by atoms with Crippen molar-refractivity contribution < 1.29 is 8.78 Å². The maximum atomic E-state index is 13.6. The van der Waals surface area contributed by atoms with Crippen molar-refractivity contribution in [1.29, 1.82) is 0 Å². The number of unbranched alkanes of at least 4 members (excludes halogenated alkanes) is 3. The van der Waals surface area contributed by atoms with Crippen LogP contribution in [0.15, 0.2) is 36.0 Å². The maximum absolute atomic E-state index is 13.6. The Hall–Kier alpha value is -0.920. The largest absolute Gasteiger partial charge is 0.208 e. The van der Waals surface area contributed by atoms with E-state index in [1.165, 1.54) is 25.0 Å². The van der Waals surface area contributed by atoms with Gasteiger partial charge in [0.1, 0.15) is 11.7 Å². The Morgan fingerprint density at radius 2 is 1.88 bits per heavy atom. The molecule has 0 heterocycles. The third kappa shape index (κ3) is 7.09. The molecule has 0 aromatic heterocycles. The van der Waals surface area contributed by atoms with Gasteiger partial charge in [0.05, 0.1) is 0 Å². The fourth-order valence-corrected chi connectivity index (χ4v) is 1.81. The van der Waals surface area contributed by atoms with Crippen molar-refractivity contribution in [3.05, 3.63) is 36.0 Å². The second kappa shape index (κ2) is 9.15. The van der Waals surface area contributed by atoms with Gasteiger partial charge in [-0.25, -0.2) is 8.78 Å². The van der Waals surface area contributed by atoms with Crippen LogP contribution < -0.4 is 0 Å². The highest BCUT2D eigenvalue weighted by molar-refractivity contribution is 5.31. The first-order chi connectivity index (χ1) is 8.02. The molecule has 1 unspecified atom stereocenters. The molecule has 0 rings (SSSR count). The maximum Gasteiger partial charge on any atom is 0.122 e. The van der Waals surface area contributed by atoms with Crippen molar-refractivity contribution >= 4 is 0 Å². The van der Waals surface area contributed by atoms with E-state index < -0.39 is 5.83 Å². The first kappa shape index (κ1) is 16.1. The van der Waals surface area contributed by atoms with E-state index in [0.29, 0.717) is 5.57 Å². The minimum Gasteiger partial charge on any atom is -0.208 e. The monoisotopic (exact) mass is 242 g/mol. The van der Waals surface area contributed by atoms with Gasteiger partial charge in [-0.3, -0.25) is 0 Å². The molecule has 0 aliphatic carbocycles. The summed E-state index contributed by atoms with van der Waals surface area (Å²) in [6.45, 7) is 8.87. The minimum absolute atomic E-state index is 0.0376. The quantitative estimate of drug-likeness (QED) is 0.368. The van der Waals surface area contributed by atoms with Gasteiger partial charge in [0.25, 0.3) is 0 Å². The number of rotatable bonds is 8. The highest BCUT2D eigenvalue weighted by Gasteiger charge is 2.13. The van der Waals surface area contributed by atoms with E-state index in [9.17, 15) is 8.78 Å². The van der Waals surface area contributed by atoms with Crippen LogP contribution in [0.25, 0.3) is 0 Å². The number of hydrogen-bond donors (Lipinski definition) is 0. The Kier molecular flexibility index (Phi) is 8.65. The molecule has 0 nitrogen and oxygen atoms in total. The van der Waals surface area contributed by atoms with Crippen LogP contribution in [0.5, 0.6) is 0 Å². The summed E-state index contributed by atoms with van der Waals surface area (Å²) in [5, 5.41) is 0.